The Morgan fingerprint density at radius 2 is 1.96 bits per heavy atom. The van der Waals surface area contributed by atoms with Crippen molar-refractivity contribution >= 4 is 5.69 Å². The summed E-state index contributed by atoms with van der Waals surface area (Å²) in [6.07, 6.45) is 7.47. The lowest BCUT2D eigenvalue weighted by Crippen LogP contribution is -2.60. The molecule has 2 saturated heterocycles. The lowest BCUT2D eigenvalue weighted by Gasteiger charge is -2.58. The van der Waals surface area contributed by atoms with E-state index in [1.54, 1.807) is 12.0 Å². The number of ether oxygens (including phenoxy) is 1. The van der Waals surface area contributed by atoms with Crippen molar-refractivity contribution in [1.29, 1.82) is 0 Å². The molecule has 3 nitrogen and oxygen atoms in total. The van der Waals surface area contributed by atoms with Crippen LogP contribution in [0.15, 0.2) is 12.1 Å². The van der Waals surface area contributed by atoms with E-state index in [0.29, 0.717) is 6.04 Å². The Labute approximate surface area is 154 Å². The van der Waals surface area contributed by atoms with Crippen molar-refractivity contribution in [2.45, 2.75) is 55.9 Å². The van der Waals surface area contributed by atoms with Gasteiger partial charge in [-0.15, -0.1) is 0 Å². The highest BCUT2D eigenvalue weighted by Crippen LogP contribution is 2.57. The maximum Gasteiger partial charge on any atom is 0.282 e. The minimum atomic E-state index is -2.56. The van der Waals surface area contributed by atoms with E-state index >= 15 is 0 Å². The summed E-state index contributed by atoms with van der Waals surface area (Å²) in [7, 11) is 3.92. The smallest absolute Gasteiger partial charge is 0.282 e. The summed E-state index contributed by atoms with van der Waals surface area (Å²) in [5, 5.41) is 0. The van der Waals surface area contributed by atoms with Gasteiger partial charge in [0.2, 0.25) is 0 Å². The topological polar surface area (TPSA) is 15.7 Å². The molecule has 142 valence electrons. The number of hydrogen-bond acceptors (Lipinski definition) is 3. The van der Waals surface area contributed by atoms with Crippen LogP contribution in [0.1, 0.15) is 43.2 Å². The zero-order valence-corrected chi connectivity index (χ0v) is 15.7. The van der Waals surface area contributed by atoms with Gasteiger partial charge in [-0.3, -0.25) is 0 Å². The van der Waals surface area contributed by atoms with Crippen LogP contribution in [0.25, 0.3) is 0 Å². The molecule has 0 spiro atoms. The summed E-state index contributed by atoms with van der Waals surface area (Å²) < 4.78 is 32.5. The number of likely N-dealkylation sites (N-methyl/N-ethyl adjacent to an activating group) is 1. The molecule has 3 atom stereocenters. The third-order valence-electron chi connectivity index (χ3n) is 7.59. The highest BCUT2D eigenvalue weighted by Gasteiger charge is 2.53. The number of alkyl halides is 2. The molecule has 1 saturated carbocycles. The van der Waals surface area contributed by atoms with E-state index < -0.39 is 5.92 Å². The first-order chi connectivity index (χ1) is 12.4. The second-order valence-corrected chi connectivity index (χ2v) is 8.90. The molecule has 0 N–H and O–H groups in total. The average Bonchev–Trinajstić information content (AvgIpc) is 2.61. The van der Waals surface area contributed by atoms with Crippen molar-refractivity contribution in [2.24, 2.45) is 5.92 Å². The van der Waals surface area contributed by atoms with E-state index in [-0.39, 0.29) is 18.5 Å². The summed E-state index contributed by atoms with van der Waals surface area (Å²) in [5.41, 5.74) is 3.95. The van der Waals surface area contributed by atoms with Crippen LogP contribution in [0, 0.1) is 5.92 Å². The SMILES string of the molecule is COc1cc2c(cc1N1CC(F)(F)C1)C[C@H]1C3CCCC[C@@]23CCN1C. The van der Waals surface area contributed by atoms with Crippen LogP contribution in [0.2, 0.25) is 0 Å². The van der Waals surface area contributed by atoms with Crippen LogP contribution >= 0.6 is 0 Å². The Morgan fingerprint density at radius 3 is 2.69 bits per heavy atom. The van der Waals surface area contributed by atoms with E-state index in [2.05, 4.69) is 24.1 Å². The number of rotatable bonds is 2. The molecule has 3 fully saturated rings. The largest absolute Gasteiger partial charge is 0.495 e. The molecule has 1 aromatic carbocycles. The number of likely N-dealkylation sites (tertiary alicyclic amines) is 1. The number of benzene rings is 1. The Kier molecular flexibility index (Phi) is 3.60. The minimum Gasteiger partial charge on any atom is -0.495 e. The lowest BCUT2D eigenvalue weighted by molar-refractivity contribution is -0.0265. The van der Waals surface area contributed by atoms with Crippen molar-refractivity contribution in [1.82, 2.24) is 4.90 Å². The van der Waals surface area contributed by atoms with E-state index in [1.165, 1.54) is 43.2 Å². The second kappa shape index (κ2) is 5.57. The molecule has 4 aliphatic rings. The average molecular weight is 362 g/mol. The third-order valence-corrected chi connectivity index (χ3v) is 7.59. The van der Waals surface area contributed by atoms with Gasteiger partial charge in [0.05, 0.1) is 25.9 Å². The Morgan fingerprint density at radius 1 is 1.15 bits per heavy atom. The molecule has 2 aliphatic carbocycles. The van der Waals surface area contributed by atoms with Gasteiger partial charge in [0.1, 0.15) is 5.75 Å². The van der Waals surface area contributed by atoms with Gasteiger partial charge >= 0.3 is 0 Å². The Balaban J connectivity index is 1.61. The van der Waals surface area contributed by atoms with Gasteiger partial charge in [0, 0.05) is 11.5 Å². The molecular formula is C21H28F2N2O. The molecule has 2 bridgehead atoms. The van der Waals surface area contributed by atoms with Crippen molar-refractivity contribution in [3.63, 3.8) is 0 Å². The van der Waals surface area contributed by atoms with Crippen molar-refractivity contribution in [3.8, 4) is 5.75 Å². The minimum absolute atomic E-state index is 0.195. The molecule has 2 aliphatic heterocycles. The van der Waals surface area contributed by atoms with E-state index in [4.69, 9.17) is 4.74 Å². The predicted octanol–water partition coefficient (Wildman–Crippen LogP) is 3.84. The molecule has 2 heterocycles. The molecule has 0 amide bonds. The van der Waals surface area contributed by atoms with Gasteiger partial charge in [-0.1, -0.05) is 12.8 Å². The Hall–Kier alpha value is -1.36. The molecule has 5 rings (SSSR count). The van der Waals surface area contributed by atoms with E-state index in [1.807, 2.05) is 0 Å². The van der Waals surface area contributed by atoms with Crippen LogP contribution < -0.4 is 9.64 Å². The van der Waals surface area contributed by atoms with Crippen molar-refractivity contribution in [2.75, 3.05) is 38.7 Å². The maximum absolute atomic E-state index is 13.4. The van der Waals surface area contributed by atoms with Gasteiger partial charge < -0.3 is 14.5 Å². The van der Waals surface area contributed by atoms with E-state index in [0.717, 1.165) is 30.3 Å². The molecule has 26 heavy (non-hydrogen) atoms. The van der Waals surface area contributed by atoms with Crippen molar-refractivity contribution in [3.05, 3.63) is 23.3 Å². The number of piperidine rings is 1. The highest BCUT2D eigenvalue weighted by atomic mass is 19.3. The van der Waals surface area contributed by atoms with Crippen molar-refractivity contribution < 1.29 is 13.5 Å². The number of nitrogens with zero attached hydrogens (tertiary/aromatic N) is 2. The maximum atomic E-state index is 13.4. The van der Waals surface area contributed by atoms with Gasteiger partial charge in [-0.05, 0) is 68.5 Å². The normalized spacial score (nSPS) is 35.3. The fourth-order valence-corrected chi connectivity index (χ4v) is 6.32. The molecule has 1 unspecified atom stereocenters. The van der Waals surface area contributed by atoms with E-state index in [9.17, 15) is 8.78 Å². The first-order valence-corrected chi connectivity index (χ1v) is 9.98. The number of halogens is 2. The first-order valence-electron chi connectivity index (χ1n) is 9.98. The predicted molar refractivity (Wildman–Crippen MR) is 98.5 cm³/mol. The highest BCUT2D eigenvalue weighted by molar-refractivity contribution is 5.66. The number of methoxy groups -OCH3 is 1. The molecule has 5 heteroatoms. The van der Waals surface area contributed by atoms with Gasteiger partial charge in [-0.2, -0.15) is 0 Å². The number of hydrogen-bond donors (Lipinski definition) is 0. The van der Waals surface area contributed by atoms with Gasteiger partial charge in [0.25, 0.3) is 5.92 Å². The molecular weight excluding hydrogens is 334 g/mol. The quantitative estimate of drug-likeness (QED) is 0.795. The fourth-order valence-electron chi connectivity index (χ4n) is 6.32. The van der Waals surface area contributed by atoms with Crippen LogP contribution in [0.4, 0.5) is 14.5 Å². The standard InChI is InChI=1S/C21H28F2N2O/c1-24-8-7-20-6-4-3-5-15(20)17(24)9-14-10-18(19(26-2)11-16(14)20)25-12-21(22,23)13-25/h10-11,15,17H,3-9,12-13H2,1-2H3/t15?,17-,20-/m0/s1. The number of fused-ring (bicyclic) bond motifs is 1. The third kappa shape index (κ3) is 2.25. The monoisotopic (exact) mass is 362 g/mol. The Bertz CT molecular complexity index is 729. The lowest BCUT2D eigenvalue weighted by atomic mass is 9.52. The second-order valence-electron chi connectivity index (χ2n) is 8.90. The summed E-state index contributed by atoms with van der Waals surface area (Å²) in [6.45, 7) is 0.765. The summed E-state index contributed by atoms with van der Waals surface area (Å²) in [4.78, 5) is 4.31. The van der Waals surface area contributed by atoms with Crippen LogP contribution in [-0.4, -0.2) is 50.7 Å². The van der Waals surface area contributed by atoms with Crippen LogP contribution in [0.3, 0.4) is 0 Å². The van der Waals surface area contributed by atoms with Crippen LogP contribution in [0.5, 0.6) is 5.75 Å². The van der Waals surface area contributed by atoms with Gasteiger partial charge in [0.15, 0.2) is 0 Å². The zero-order valence-electron chi connectivity index (χ0n) is 15.7. The first kappa shape index (κ1) is 16.8. The summed E-state index contributed by atoms with van der Waals surface area (Å²) in [5.74, 6) is -1.06. The summed E-state index contributed by atoms with van der Waals surface area (Å²) in [6, 6.07) is 4.97. The number of anilines is 1. The molecule has 0 aromatic heterocycles. The fraction of sp³-hybridized carbons (Fsp3) is 0.714. The van der Waals surface area contributed by atoms with Crippen LogP contribution in [-0.2, 0) is 11.8 Å². The molecule has 1 aromatic rings. The molecule has 0 radical (unpaired) electrons. The zero-order chi connectivity index (χ0) is 18.1. The summed E-state index contributed by atoms with van der Waals surface area (Å²) >= 11 is 0. The van der Waals surface area contributed by atoms with Gasteiger partial charge in [-0.25, -0.2) is 8.78 Å².